The van der Waals surface area contributed by atoms with Gasteiger partial charge in [0, 0.05) is 22.7 Å². The number of piperidine rings is 1. The molecule has 6 nitrogen and oxygen atoms in total. The maximum Gasteiger partial charge on any atom is 0.161 e. The smallest absolute Gasteiger partial charge is 0.161 e. The molecule has 2 unspecified atom stereocenters. The number of para-hydroxylation sites is 1. The summed E-state index contributed by atoms with van der Waals surface area (Å²) in [5, 5.41) is 17.3. The molecule has 2 atom stereocenters. The second-order valence-corrected chi connectivity index (χ2v) is 10.2. The van der Waals surface area contributed by atoms with Crippen LogP contribution in [0.25, 0.3) is 28.0 Å². The molecule has 174 valence electrons. The van der Waals surface area contributed by atoms with E-state index in [1.165, 1.54) is 0 Å². The summed E-state index contributed by atoms with van der Waals surface area (Å²) in [7, 11) is 0. The van der Waals surface area contributed by atoms with Crippen molar-refractivity contribution in [2.75, 3.05) is 4.90 Å². The maximum atomic E-state index is 11.0. The lowest BCUT2D eigenvalue weighted by Gasteiger charge is -2.44. The second-order valence-electron chi connectivity index (χ2n) is 9.39. The largest absolute Gasteiger partial charge is 0.390 e. The first kappa shape index (κ1) is 21.8. The Kier molecular flexibility index (Phi) is 5.28. The van der Waals surface area contributed by atoms with Gasteiger partial charge in [-0.1, -0.05) is 54.4 Å². The van der Waals surface area contributed by atoms with Gasteiger partial charge in [0.25, 0.3) is 0 Å². The molecule has 0 amide bonds. The minimum Gasteiger partial charge on any atom is -0.390 e. The first-order chi connectivity index (χ1) is 16.5. The predicted octanol–water partition coefficient (Wildman–Crippen LogP) is 6.06. The summed E-state index contributed by atoms with van der Waals surface area (Å²) in [6, 6.07) is 15.8. The topological polar surface area (TPSA) is 67.1 Å². The van der Waals surface area contributed by atoms with Crippen LogP contribution in [0.15, 0.2) is 54.9 Å². The predicted molar refractivity (Wildman–Crippen MR) is 136 cm³/mol. The van der Waals surface area contributed by atoms with Gasteiger partial charge in [0.15, 0.2) is 11.3 Å². The molecule has 4 aromatic rings. The molecule has 8 heteroatoms. The Morgan fingerprint density at radius 3 is 2.35 bits per heavy atom. The lowest BCUT2D eigenvalue weighted by Crippen LogP contribution is -2.51. The lowest BCUT2D eigenvalue weighted by atomic mass is 9.84. The van der Waals surface area contributed by atoms with Crippen molar-refractivity contribution in [3.63, 3.8) is 0 Å². The summed E-state index contributed by atoms with van der Waals surface area (Å²) in [6.07, 6.45) is 5.99. The Morgan fingerprint density at radius 1 is 0.971 bits per heavy atom. The average Bonchev–Trinajstić information content (AvgIpc) is 3.35. The van der Waals surface area contributed by atoms with Crippen LogP contribution in [0.4, 0.5) is 5.82 Å². The number of anilines is 1. The zero-order valence-corrected chi connectivity index (χ0v) is 20.3. The quantitative estimate of drug-likeness (QED) is 0.374. The minimum atomic E-state index is -0.597. The van der Waals surface area contributed by atoms with Crippen molar-refractivity contribution < 1.29 is 5.11 Å². The SMILES string of the molecule is CCC1(O)CC2CCC(C1)N2c1ncnc2c(-c3ccc(Cl)cc3)n(-c3ccccc3Cl)nc12. The molecule has 2 aliphatic rings. The third-order valence-corrected chi connectivity index (χ3v) is 7.96. The highest BCUT2D eigenvalue weighted by molar-refractivity contribution is 6.32. The molecule has 4 heterocycles. The molecule has 0 saturated carbocycles. The van der Waals surface area contributed by atoms with Crippen LogP contribution >= 0.6 is 23.2 Å². The molecular weight excluding hydrogens is 469 g/mol. The van der Waals surface area contributed by atoms with Gasteiger partial charge in [-0.3, -0.25) is 0 Å². The third-order valence-electron chi connectivity index (χ3n) is 7.39. The van der Waals surface area contributed by atoms with Gasteiger partial charge in [0.05, 0.1) is 16.3 Å². The van der Waals surface area contributed by atoms with Crippen LogP contribution in [0.1, 0.15) is 39.0 Å². The zero-order valence-electron chi connectivity index (χ0n) is 18.8. The number of hydrogen-bond donors (Lipinski definition) is 1. The monoisotopic (exact) mass is 493 g/mol. The molecule has 2 saturated heterocycles. The first-order valence-electron chi connectivity index (χ1n) is 11.7. The van der Waals surface area contributed by atoms with Gasteiger partial charge >= 0.3 is 0 Å². The third kappa shape index (κ3) is 3.47. The van der Waals surface area contributed by atoms with E-state index in [4.69, 9.17) is 33.3 Å². The number of fused-ring (bicyclic) bond motifs is 3. The van der Waals surface area contributed by atoms with E-state index in [1.54, 1.807) is 6.33 Å². The highest BCUT2D eigenvalue weighted by Gasteiger charge is 2.47. The number of halogens is 2. The van der Waals surface area contributed by atoms with Gasteiger partial charge in [-0.2, -0.15) is 5.10 Å². The maximum absolute atomic E-state index is 11.0. The Hall–Kier alpha value is -2.67. The van der Waals surface area contributed by atoms with Crippen LogP contribution in [-0.4, -0.2) is 42.5 Å². The van der Waals surface area contributed by atoms with E-state index in [0.717, 1.165) is 65.9 Å². The molecule has 2 bridgehead atoms. The van der Waals surface area contributed by atoms with E-state index < -0.39 is 5.60 Å². The summed E-state index contributed by atoms with van der Waals surface area (Å²) < 4.78 is 1.86. The summed E-state index contributed by atoms with van der Waals surface area (Å²) in [4.78, 5) is 11.8. The zero-order chi connectivity index (χ0) is 23.4. The Balaban J connectivity index is 1.56. The van der Waals surface area contributed by atoms with Crippen molar-refractivity contribution >= 4 is 40.1 Å². The Morgan fingerprint density at radius 2 is 1.68 bits per heavy atom. The van der Waals surface area contributed by atoms with Gasteiger partial charge in [-0.15, -0.1) is 0 Å². The standard InChI is InChI=1S/C26H25Cl2N5O/c1-2-26(34)13-18-11-12-19(14-26)32(18)25-23-22(29-15-30-25)24(16-7-9-17(27)10-8-16)33(31-23)21-6-4-3-5-20(21)28/h3-10,15,18-19,34H,2,11-14H2,1H3. The van der Waals surface area contributed by atoms with Gasteiger partial charge in [-0.05, 0) is 56.4 Å². The van der Waals surface area contributed by atoms with Crippen molar-refractivity contribution in [1.29, 1.82) is 0 Å². The van der Waals surface area contributed by atoms with Crippen LogP contribution in [0.5, 0.6) is 0 Å². The van der Waals surface area contributed by atoms with Crippen LogP contribution < -0.4 is 4.90 Å². The number of aromatic nitrogens is 4. The highest BCUT2D eigenvalue weighted by atomic mass is 35.5. The molecule has 0 spiro atoms. The van der Waals surface area contributed by atoms with Crippen molar-refractivity contribution in [2.45, 2.75) is 56.7 Å². The summed E-state index contributed by atoms with van der Waals surface area (Å²) in [6.45, 7) is 2.07. The molecular formula is C26H25Cl2N5O. The van der Waals surface area contributed by atoms with E-state index in [9.17, 15) is 5.11 Å². The molecule has 0 aliphatic carbocycles. The molecule has 0 radical (unpaired) electrons. The van der Waals surface area contributed by atoms with Crippen LogP contribution in [0.2, 0.25) is 10.0 Å². The minimum absolute atomic E-state index is 0.242. The van der Waals surface area contributed by atoms with Crippen LogP contribution in [0, 0.1) is 0 Å². The van der Waals surface area contributed by atoms with Crippen molar-refractivity contribution in [3.05, 3.63) is 64.9 Å². The molecule has 2 aliphatic heterocycles. The number of hydrogen-bond acceptors (Lipinski definition) is 5. The fourth-order valence-corrected chi connectivity index (χ4v) is 6.04. The molecule has 2 aromatic carbocycles. The van der Waals surface area contributed by atoms with E-state index in [0.29, 0.717) is 10.0 Å². The lowest BCUT2D eigenvalue weighted by molar-refractivity contribution is -0.00174. The number of benzene rings is 2. The number of rotatable bonds is 4. The van der Waals surface area contributed by atoms with E-state index in [2.05, 4.69) is 16.8 Å². The van der Waals surface area contributed by atoms with E-state index in [1.807, 2.05) is 53.2 Å². The summed E-state index contributed by atoms with van der Waals surface area (Å²) in [5.41, 5.74) is 3.48. The molecule has 2 aromatic heterocycles. The van der Waals surface area contributed by atoms with Gasteiger partial charge < -0.3 is 10.0 Å². The highest BCUT2D eigenvalue weighted by Crippen LogP contribution is 2.46. The first-order valence-corrected chi connectivity index (χ1v) is 12.5. The average molecular weight is 494 g/mol. The Bertz CT molecular complexity index is 1360. The van der Waals surface area contributed by atoms with Crippen LogP contribution in [0.3, 0.4) is 0 Å². The van der Waals surface area contributed by atoms with Gasteiger partial charge in [-0.25, -0.2) is 14.6 Å². The van der Waals surface area contributed by atoms with E-state index >= 15 is 0 Å². The van der Waals surface area contributed by atoms with Gasteiger partial charge in [0.1, 0.15) is 17.5 Å². The number of nitrogens with zero attached hydrogens (tertiary/aromatic N) is 5. The molecule has 6 rings (SSSR count). The summed E-state index contributed by atoms with van der Waals surface area (Å²) in [5.74, 6) is 0.830. The fraction of sp³-hybridized carbons (Fsp3) is 0.346. The fourth-order valence-electron chi connectivity index (χ4n) is 5.70. The van der Waals surface area contributed by atoms with E-state index in [-0.39, 0.29) is 12.1 Å². The van der Waals surface area contributed by atoms with Crippen molar-refractivity contribution in [3.8, 4) is 16.9 Å². The Labute approximate surface area is 208 Å². The second kappa shape index (κ2) is 8.22. The number of aliphatic hydroxyl groups is 1. The van der Waals surface area contributed by atoms with Crippen molar-refractivity contribution in [1.82, 2.24) is 19.7 Å². The molecule has 2 fully saturated rings. The van der Waals surface area contributed by atoms with Crippen LogP contribution in [-0.2, 0) is 0 Å². The summed E-state index contributed by atoms with van der Waals surface area (Å²) >= 11 is 12.8. The molecule has 1 N–H and O–H groups in total. The normalized spacial score (nSPS) is 24.2. The molecule has 34 heavy (non-hydrogen) atoms. The van der Waals surface area contributed by atoms with Gasteiger partial charge in [0.2, 0.25) is 0 Å². The van der Waals surface area contributed by atoms with Crippen molar-refractivity contribution in [2.24, 2.45) is 0 Å².